The highest BCUT2D eigenvalue weighted by molar-refractivity contribution is 5.27. The first-order valence-corrected chi connectivity index (χ1v) is 6.95. The van der Waals surface area contributed by atoms with Crippen molar-refractivity contribution in [2.24, 2.45) is 0 Å². The van der Waals surface area contributed by atoms with E-state index in [0.717, 1.165) is 25.0 Å². The van der Waals surface area contributed by atoms with Crippen LogP contribution in [-0.2, 0) is 6.42 Å². The maximum atomic E-state index is 8.74. The maximum Gasteiger partial charge on any atom is 0.118 e. The van der Waals surface area contributed by atoms with Crippen molar-refractivity contribution >= 4 is 0 Å². The molecule has 0 amide bonds. The quantitative estimate of drug-likeness (QED) is 0.780. The monoisotopic (exact) mass is 260 g/mol. The molecule has 0 aliphatic carbocycles. The van der Waals surface area contributed by atoms with Gasteiger partial charge in [0.1, 0.15) is 5.75 Å². The molecule has 0 aliphatic rings. The number of hydrogen-bond acceptors (Lipinski definition) is 3. The SMILES string of the molecule is CCC(CC#N)NC(C)CCc1ccc(OC)cc1. The highest BCUT2D eigenvalue weighted by Crippen LogP contribution is 2.13. The van der Waals surface area contributed by atoms with E-state index in [9.17, 15) is 0 Å². The Hall–Kier alpha value is -1.53. The van der Waals surface area contributed by atoms with E-state index in [-0.39, 0.29) is 0 Å². The summed E-state index contributed by atoms with van der Waals surface area (Å²) in [6.45, 7) is 4.30. The summed E-state index contributed by atoms with van der Waals surface area (Å²) in [5.41, 5.74) is 1.32. The summed E-state index contributed by atoms with van der Waals surface area (Å²) < 4.78 is 5.15. The average Bonchev–Trinajstić information content (AvgIpc) is 2.45. The number of nitrogens with one attached hydrogen (secondary N) is 1. The minimum Gasteiger partial charge on any atom is -0.497 e. The van der Waals surface area contributed by atoms with Crippen molar-refractivity contribution in [2.45, 2.75) is 51.6 Å². The number of hydrogen-bond donors (Lipinski definition) is 1. The van der Waals surface area contributed by atoms with Gasteiger partial charge in [-0.25, -0.2) is 0 Å². The first-order chi connectivity index (χ1) is 9.19. The highest BCUT2D eigenvalue weighted by atomic mass is 16.5. The molecule has 0 saturated heterocycles. The molecule has 104 valence electrons. The number of nitriles is 1. The molecule has 0 saturated carbocycles. The van der Waals surface area contributed by atoms with Crippen molar-refractivity contribution in [3.8, 4) is 11.8 Å². The fraction of sp³-hybridized carbons (Fsp3) is 0.562. The maximum absolute atomic E-state index is 8.74. The molecule has 0 aliphatic heterocycles. The van der Waals surface area contributed by atoms with Gasteiger partial charge in [0.05, 0.1) is 19.6 Å². The first kappa shape index (κ1) is 15.5. The molecule has 0 bridgehead atoms. The Balaban J connectivity index is 2.36. The summed E-state index contributed by atoms with van der Waals surface area (Å²) in [5.74, 6) is 0.898. The van der Waals surface area contributed by atoms with Crippen LogP contribution in [0.2, 0.25) is 0 Å². The molecule has 1 aromatic rings. The Morgan fingerprint density at radius 3 is 2.53 bits per heavy atom. The number of aryl methyl sites for hydroxylation is 1. The van der Waals surface area contributed by atoms with Gasteiger partial charge in [-0.15, -0.1) is 0 Å². The minimum atomic E-state index is 0.316. The third-order valence-electron chi connectivity index (χ3n) is 3.38. The Morgan fingerprint density at radius 1 is 1.32 bits per heavy atom. The van der Waals surface area contributed by atoms with Crippen LogP contribution in [0.15, 0.2) is 24.3 Å². The fourth-order valence-electron chi connectivity index (χ4n) is 2.09. The summed E-state index contributed by atoms with van der Waals surface area (Å²) in [5, 5.41) is 12.2. The van der Waals surface area contributed by atoms with Gasteiger partial charge < -0.3 is 10.1 Å². The largest absolute Gasteiger partial charge is 0.497 e. The third-order valence-corrected chi connectivity index (χ3v) is 3.38. The molecule has 19 heavy (non-hydrogen) atoms. The molecule has 0 heterocycles. The molecule has 2 atom stereocenters. The van der Waals surface area contributed by atoms with E-state index in [2.05, 4.69) is 37.4 Å². The van der Waals surface area contributed by atoms with Gasteiger partial charge in [-0.3, -0.25) is 0 Å². The molecule has 3 heteroatoms. The minimum absolute atomic E-state index is 0.316. The lowest BCUT2D eigenvalue weighted by molar-refractivity contribution is 0.414. The lowest BCUT2D eigenvalue weighted by Crippen LogP contribution is -2.36. The van der Waals surface area contributed by atoms with Gasteiger partial charge in [0, 0.05) is 12.1 Å². The number of benzene rings is 1. The van der Waals surface area contributed by atoms with E-state index >= 15 is 0 Å². The van der Waals surface area contributed by atoms with Gasteiger partial charge in [-0.05, 0) is 43.9 Å². The van der Waals surface area contributed by atoms with E-state index in [1.54, 1.807) is 7.11 Å². The standard InChI is InChI=1S/C16H24N2O/c1-4-15(11-12-17)18-13(2)5-6-14-7-9-16(19-3)10-8-14/h7-10,13,15,18H,4-6,11H2,1-3H3. The molecular formula is C16H24N2O. The smallest absolute Gasteiger partial charge is 0.118 e. The van der Waals surface area contributed by atoms with Gasteiger partial charge in [0.2, 0.25) is 0 Å². The molecule has 2 unspecified atom stereocenters. The lowest BCUT2D eigenvalue weighted by Gasteiger charge is -2.20. The number of ether oxygens (including phenoxy) is 1. The third kappa shape index (κ3) is 5.76. The molecule has 0 aromatic heterocycles. The van der Waals surface area contributed by atoms with E-state index < -0.39 is 0 Å². The van der Waals surface area contributed by atoms with Crippen LogP contribution in [-0.4, -0.2) is 19.2 Å². The lowest BCUT2D eigenvalue weighted by atomic mass is 10.0. The molecule has 0 radical (unpaired) electrons. The zero-order valence-corrected chi connectivity index (χ0v) is 12.1. The second kappa shape index (κ2) is 8.55. The van der Waals surface area contributed by atoms with Crippen molar-refractivity contribution < 1.29 is 4.74 Å². The number of methoxy groups -OCH3 is 1. The van der Waals surface area contributed by atoms with Crippen LogP contribution >= 0.6 is 0 Å². The Bertz CT molecular complexity index is 394. The second-order valence-electron chi connectivity index (χ2n) is 4.92. The number of nitrogens with zero attached hydrogens (tertiary/aromatic N) is 1. The van der Waals surface area contributed by atoms with Gasteiger partial charge in [-0.1, -0.05) is 19.1 Å². The topological polar surface area (TPSA) is 45.0 Å². The van der Waals surface area contributed by atoms with Crippen LogP contribution < -0.4 is 10.1 Å². The Morgan fingerprint density at radius 2 is 2.00 bits per heavy atom. The molecule has 1 N–H and O–H groups in total. The van der Waals surface area contributed by atoms with Crippen molar-refractivity contribution in [1.82, 2.24) is 5.32 Å². The predicted molar refractivity (Wildman–Crippen MR) is 78.2 cm³/mol. The van der Waals surface area contributed by atoms with Crippen LogP contribution in [0, 0.1) is 11.3 Å². The summed E-state index contributed by atoms with van der Waals surface area (Å²) >= 11 is 0. The summed E-state index contributed by atoms with van der Waals surface area (Å²) in [4.78, 5) is 0. The highest BCUT2D eigenvalue weighted by Gasteiger charge is 2.09. The Labute approximate surface area is 116 Å². The van der Waals surface area contributed by atoms with Crippen LogP contribution in [0.25, 0.3) is 0 Å². The van der Waals surface area contributed by atoms with Crippen LogP contribution in [0.5, 0.6) is 5.75 Å². The van der Waals surface area contributed by atoms with Crippen LogP contribution in [0.1, 0.15) is 38.7 Å². The molecule has 1 aromatic carbocycles. The van der Waals surface area contributed by atoms with Crippen LogP contribution in [0.4, 0.5) is 0 Å². The molecule has 1 rings (SSSR count). The summed E-state index contributed by atoms with van der Waals surface area (Å²) in [7, 11) is 1.68. The van der Waals surface area contributed by atoms with Gasteiger partial charge in [0.15, 0.2) is 0 Å². The molecule has 0 fully saturated rings. The zero-order chi connectivity index (χ0) is 14.1. The van der Waals surface area contributed by atoms with Crippen molar-refractivity contribution in [3.05, 3.63) is 29.8 Å². The molecular weight excluding hydrogens is 236 g/mol. The van der Waals surface area contributed by atoms with Gasteiger partial charge in [-0.2, -0.15) is 5.26 Å². The van der Waals surface area contributed by atoms with Crippen molar-refractivity contribution in [3.63, 3.8) is 0 Å². The van der Waals surface area contributed by atoms with Crippen molar-refractivity contribution in [1.29, 1.82) is 5.26 Å². The average molecular weight is 260 g/mol. The van der Waals surface area contributed by atoms with Crippen molar-refractivity contribution in [2.75, 3.05) is 7.11 Å². The Kier molecular flexibility index (Phi) is 6.99. The normalized spacial score (nSPS) is 13.6. The van der Waals surface area contributed by atoms with Gasteiger partial charge >= 0.3 is 0 Å². The molecule has 0 spiro atoms. The van der Waals surface area contributed by atoms with E-state index in [1.807, 2.05) is 12.1 Å². The first-order valence-electron chi connectivity index (χ1n) is 6.95. The predicted octanol–water partition coefficient (Wildman–Crippen LogP) is 3.30. The zero-order valence-electron chi connectivity index (χ0n) is 12.1. The number of rotatable bonds is 8. The second-order valence-corrected chi connectivity index (χ2v) is 4.92. The summed E-state index contributed by atoms with van der Waals surface area (Å²) in [6, 6.07) is 11.2. The van der Waals surface area contributed by atoms with E-state index in [0.29, 0.717) is 18.5 Å². The fourth-order valence-corrected chi connectivity index (χ4v) is 2.09. The van der Waals surface area contributed by atoms with Gasteiger partial charge in [0.25, 0.3) is 0 Å². The van der Waals surface area contributed by atoms with E-state index in [1.165, 1.54) is 5.56 Å². The van der Waals surface area contributed by atoms with E-state index in [4.69, 9.17) is 10.00 Å². The summed E-state index contributed by atoms with van der Waals surface area (Å²) in [6.07, 6.45) is 3.71. The molecule has 3 nitrogen and oxygen atoms in total. The van der Waals surface area contributed by atoms with Crippen LogP contribution in [0.3, 0.4) is 0 Å².